The lowest BCUT2D eigenvalue weighted by Crippen LogP contribution is -2.65. The lowest BCUT2D eigenvalue weighted by molar-refractivity contribution is -0.153. The van der Waals surface area contributed by atoms with Crippen LogP contribution in [0.15, 0.2) is 53.3 Å². The number of fused-ring (bicyclic) bond motifs is 3. The molecule has 39 heavy (non-hydrogen) atoms. The van der Waals surface area contributed by atoms with Crippen molar-refractivity contribution in [3.8, 4) is 16.9 Å². The topological polar surface area (TPSA) is 178 Å². The molecule has 10 nitrogen and oxygen atoms in total. The van der Waals surface area contributed by atoms with E-state index in [1.807, 2.05) is 0 Å². The molecule has 5 rings (SSSR count). The fraction of sp³-hybridized carbons (Fsp3) is 0.310. The average Bonchev–Trinajstić information content (AvgIpc) is 2.86. The Labute approximate surface area is 223 Å². The number of ketones is 3. The van der Waals surface area contributed by atoms with Crippen LogP contribution in [0.3, 0.4) is 0 Å². The molecule has 0 heterocycles. The standard InChI is InChI=1S/C29H28N2O8/c1-12(32)14-6-4-5-7-15(14)16-8-9-19(33)21-17(16)10-13-11-18-23(31(2)3)25(35)22(28(30)38)27(37)29(18,39)26(36)20(13)24(21)34/h4-9,13,18,23,33-34,37,39H,10-11H2,1-3H3,(H2,30,38)/t13?,18?,23-,29-/m0/s1. The van der Waals surface area contributed by atoms with E-state index in [2.05, 4.69) is 0 Å². The van der Waals surface area contributed by atoms with E-state index in [1.54, 1.807) is 44.4 Å². The summed E-state index contributed by atoms with van der Waals surface area (Å²) in [6.07, 6.45) is 0.111. The number of hydrogen-bond acceptors (Lipinski definition) is 9. The van der Waals surface area contributed by atoms with E-state index in [-0.39, 0.29) is 35.5 Å². The van der Waals surface area contributed by atoms with Crippen LogP contribution in [0.2, 0.25) is 0 Å². The molecule has 0 spiro atoms. The summed E-state index contributed by atoms with van der Waals surface area (Å²) in [5, 5.41) is 44.8. The van der Waals surface area contributed by atoms with Gasteiger partial charge in [-0.05, 0) is 62.5 Å². The molecule has 1 fully saturated rings. The minimum Gasteiger partial charge on any atom is -0.508 e. The Morgan fingerprint density at radius 3 is 2.31 bits per heavy atom. The molecule has 0 saturated heterocycles. The molecule has 0 aromatic heterocycles. The fourth-order valence-electron chi connectivity index (χ4n) is 6.52. The molecule has 202 valence electrons. The van der Waals surface area contributed by atoms with Gasteiger partial charge in [0.05, 0.1) is 11.6 Å². The van der Waals surface area contributed by atoms with Crippen LogP contribution in [0, 0.1) is 11.8 Å². The molecule has 0 radical (unpaired) electrons. The number of aliphatic hydroxyl groups excluding tert-OH is 2. The van der Waals surface area contributed by atoms with Gasteiger partial charge in [0.2, 0.25) is 5.78 Å². The van der Waals surface area contributed by atoms with Crippen LogP contribution >= 0.6 is 0 Å². The monoisotopic (exact) mass is 532 g/mol. The van der Waals surface area contributed by atoms with Crippen LogP contribution in [-0.2, 0) is 20.8 Å². The summed E-state index contributed by atoms with van der Waals surface area (Å²) in [5.41, 5.74) is 3.64. The molecule has 6 N–H and O–H groups in total. The van der Waals surface area contributed by atoms with Crippen LogP contribution in [-0.4, -0.2) is 74.3 Å². The zero-order chi connectivity index (χ0) is 28.5. The molecule has 3 aliphatic rings. The predicted molar refractivity (Wildman–Crippen MR) is 140 cm³/mol. The Hall–Kier alpha value is -4.28. The lowest BCUT2D eigenvalue weighted by atomic mass is 9.57. The number of benzene rings is 2. The molecule has 0 bridgehead atoms. The van der Waals surface area contributed by atoms with Gasteiger partial charge >= 0.3 is 0 Å². The molecular weight excluding hydrogens is 504 g/mol. The second kappa shape index (κ2) is 8.89. The van der Waals surface area contributed by atoms with Crippen LogP contribution in [0.5, 0.6) is 5.75 Å². The normalized spacial score (nSPS) is 26.3. The smallest absolute Gasteiger partial charge is 0.255 e. The van der Waals surface area contributed by atoms with Crippen molar-refractivity contribution in [3.63, 3.8) is 0 Å². The summed E-state index contributed by atoms with van der Waals surface area (Å²) in [5.74, 6) is -7.25. The molecule has 1 amide bonds. The Morgan fingerprint density at radius 2 is 1.69 bits per heavy atom. The maximum Gasteiger partial charge on any atom is 0.255 e. The predicted octanol–water partition coefficient (Wildman–Crippen LogP) is 1.83. The van der Waals surface area contributed by atoms with E-state index in [9.17, 15) is 39.6 Å². The van der Waals surface area contributed by atoms with Crippen molar-refractivity contribution >= 4 is 29.0 Å². The van der Waals surface area contributed by atoms with E-state index in [4.69, 9.17) is 5.73 Å². The second-order valence-corrected chi connectivity index (χ2v) is 10.5. The number of Topliss-reactive ketones (excluding diaryl/α,β-unsaturated/α-hetero) is 3. The van der Waals surface area contributed by atoms with Gasteiger partial charge in [-0.3, -0.25) is 24.1 Å². The number of primary amides is 1. The Morgan fingerprint density at radius 1 is 1.03 bits per heavy atom. The van der Waals surface area contributed by atoms with E-state index in [0.717, 1.165) is 0 Å². The number of aliphatic hydroxyl groups is 3. The number of phenolic OH excluding ortho intramolecular Hbond substituents is 1. The first-order chi connectivity index (χ1) is 18.3. The Balaban J connectivity index is 1.76. The van der Waals surface area contributed by atoms with E-state index < -0.39 is 58.0 Å². The number of nitrogens with two attached hydrogens (primary N) is 1. The van der Waals surface area contributed by atoms with Gasteiger partial charge in [-0.15, -0.1) is 0 Å². The minimum absolute atomic E-state index is 0.0186. The van der Waals surface area contributed by atoms with Crippen molar-refractivity contribution < 1.29 is 39.6 Å². The molecule has 2 aromatic rings. The van der Waals surface area contributed by atoms with Gasteiger partial charge in [0.1, 0.15) is 22.8 Å². The van der Waals surface area contributed by atoms with Crippen molar-refractivity contribution in [2.45, 2.75) is 31.4 Å². The van der Waals surface area contributed by atoms with Gasteiger partial charge in [0.15, 0.2) is 17.2 Å². The zero-order valence-corrected chi connectivity index (χ0v) is 21.6. The Kier molecular flexibility index (Phi) is 6.00. The first-order valence-corrected chi connectivity index (χ1v) is 12.4. The number of aromatic hydroxyl groups is 1. The van der Waals surface area contributed by atoms with Gasteiger partial charge in [-0.1, -0.05) is 30.3 Å². The van der Waals surface area contributed by atoms with E-state index >= 15 is 0 Å². The maximum atomic E-state index is 13.9. The number of hydrogen-bond donors (Lipinski definition) is 5. The summed E-state index contributed by atoms with van der Waals surface area (Å²) in [6.45, 7) is 1.43. The number of nitrogens with zero attached hydrogens (tertiary/aromatic N) is 1. The molecule has 4 atom stereocenters. The number of carbonyl (C=O) groups is 4. The number of phenols is 1. The third kappa shape index (κ3) is 3.55. The van der Waals surface area contributed by atoms with Crippen molar-refractivity contribution in [3.05, 3.63) is 70.0 Å². The van der Waals surface area contributed by atoms with Crippen LogP contribution in [0.1, 0.15) is 34.8 Å². The summed E-state index contributed by atoms with van der Waals surface area (Å²) in [6, 6.07) is 8.73. The third-order valence-corrected chi connectivity index (χ3v) is 8.20. The maximum absolute atomic E-state index is 13.9. The molecule has 1 saturated carbocycles. The molecule has 10 heteroatoms. The highest BCUT2D eigenvalue weighted by Crippen LogP contribution is 2.53. The largest absolute Gasteiger partial charge is 0.508 e. The highest BCUT2D eigenvalue weighted by molar-refractivity contribution is 6.24. The van der Waals surface area contributed by atoms with Crippen LogP contribution < -0.4 is 5.73 Å². The zero-order valence-electron chi connectivity index (χ0n) is 21.6. The average molecular weight is 533 g/mol. The quantitative estimate of drug-likeness (QED) is 0.290. The van der Waals surface area contributed by atoms with Crippen molar-refractivity contribution in [2.75, 3.05) is 14.1 Å². The fourth-order valence-corrected chi connectivity index (χ4v) is 6.52. The van der Waals surface area contributed by atoms with Crippen molar-refractivity contribution in [1.82, 2.24) is 4.90 Å². The number of likely N-dealkylation sites (N-methyl/N-ethyl adjacent to an activating group) is 1. The van der Waals surface area contributed by atoms with Crippen LogP contribution in [0.4, 0.5) is 0 Å². The third-order valence-electron chi connectivity index (χ3n) is 8.20. The van der Waals surface area contributed by atoms with Gasteiger partial charge in [0, 0.05) is 17.1 Å². The molecule has 2 aromatic carbocycles. The number of carbonyl (C=O) groups excluding carboxylic acids is 4. The molecule has 3 aliphatic carbocycles. The molecular formula is C29H28N2O8. The summed E-state index contributed by atoms with van der Waals surface area (Å²) in [4.78, 5) is 53.1. The second-order valence-electron chi connectivity index (χ2n) is 10.5. The lowest BCUT2D eigenvalue weighted by Gasteiger charge is -2.50. The summed E-state index contributed by atoms with van der Waals surface area (Å²) < 4.78 is 0. The van der Waals surface area contributed by atoms with Crippen molar-refractivity contribution in [2.24, 2.45) is 17.6 Å². The number of amides is 1. The van der Waals surface area contributed by atoms with Gasteiger partial charge in [-0.2, -0.15) is 0 Å². The first kappa shape index (κ1) is 26.3. The highest BCUT2D eigenvalue weighted by atomic mass is 16.3. The van der Waals surface area contributed by atoms with Gasteiger partial charge < -0.3 is 26.2 Å². The Bertz CT molecular complexity index is 1550. The first-order valence-electron chi connectivity index (χ1n) is 12.4. The molecule has 2 unspecified atom stereocenters. The summed E-state index contributed by atoms with van der Waals surface area (Å²) >= 11 is 0. The minimum atomic E-state index is -2.70. The summed E-state index contributed by atoms with van der Waals surface area (Å²) in [7, 11) is 3.09. The highest BCUT2D eigenvalue weighted by Gasteiger charge is 2.64. The van der Waals surface area contributed by atoms with E-state index in [0.29, 0.717) is 22.3 Å². The molecule has 0 aliphatic heterocycles. The SMILES string of the molecule is CC(=O)c1ccccc1-c1ccc(O)c2c1CC1CC3[C@H](N(C)C)C(=O)C(C(N)=O)=C(O)[C@@]3(O)C(=O)C1=C2O. The van der Waals surface area contributed by atoms with Gasteiger partial charge in [0.25, 0.3) is 5.91 Å². The number of rotatable bonds is 4. The van der Waals surface area contributed by atoms with Crippen LogP contribution in [0.25, 0.3) is 16.9 Å². The van der Waals surface area contributed by atoms with Crippen molar-refractivity contribution in [1.29, 1.82) is 0 Å². The van der Waals surface area contributed by atoms with E-state index in [1.165, 1.54) is 17.9 Å². The van der Waals surface area contributed by atoms with Gasteiger partial charge in [-0.25, -0.2) is 0 Å².